The van der Waals surface area contributed by atoms with E-state index in [0.29, 0.717) is 0 Å². The van der Waals surface area contributed by atoms with Crippen molar-refractivity contribution in [3.63, 3.8) is 0 Å². The number of hydrogen-bond donors (Lipinski definition) is 1. The molecule has 1 aliphatic carbocycles. The Morgan fingerprint density at radius 2 is 1.86 bits per heavy atom. The topological polar surface area (TPSA) is 18.5 Å². The first kappa shape index (κ1) is 10.4. The van der Waals surface area contributed by atoms with Crippen molar-refractivity contribution < 1.29 is 0 Å². The maximum atomic E-state index is 3.28. The molecule has 1 saturated heterocycles. The molecule has 0 aromatic rings. The minimum absolute atomic E-state index is 0.972. The molecule has 2 atom stereocenters. The van der Waals surface area contributed by atoms with Crippen LogP contribution in [-0.2, 0) is 0 Å². The summed E-state index contributed by atoms with van der Waals surface area (Å²) in [4.78, 5) is 5.06. The van der Waals surface area contributed by atoms with E-state index in [4.69, 9.17) is 0 Å². The van der Waals surface area contributed by atoms with E-state index in [-0.39, 0.29) is 0 Å². The van der Waals surface area contributed by atoms with Crippen LogP contribution in [0.5, 0.6) is 0 Å². The summed E-state index contributed by atoms with van der Waals surface area (Å²) in [5.41, 5.74) is 0. The van der Waals surface area contributed by atoms with Crippen LogP contribution in [-0.4, -0.2) is 63.2 Å². The van der Waals surface area contributed by atoms with Crippen LogP contribution in [0, 0.1) is 11.8 Å². The fraction of sp³-hybridized carbons (Fsp3) is 1.00. The van der Waals surface area contributed by atoms with Gasteiger partial charge in [0.25, 0.3) is 0 Å². The van der Waals surface area contributed by atoms with E-state index < -0.39 is 0 Å². The molecule has 0 aromatic carbocycles. The zero-order valence-electron chi connectivity index (χ0n) is 9.50. The van der Waals surface area contributed by atoms with Crippen LogP contribution in [0.4, 0.5) is 0 Å². The van der Waals surface area contributed by atoms with Crippen LogP contribution in [0.3, 0.4) is 0 Å². The van der Waals surface area contributed by atoms with E-state index in [9.17, 15) is 0 Å². The molecule has 0 aromatic heterocycles. The Labute approximate surface area is 87.4 Å². The summed E-state index contributed by atoms with van der Waals surface area (Å²) < 4.78 is 0. The normalized spacial score (nSPS) is 34.7. The molecule has 14 heavy (non-hydrogen) atoms. The summed E-state index contributed by atoms with van der Waals surface area (Å²) in [6, 6.07) is 0. The molecule has 0 spiro atoms. The SMILES string of the molecule is CNC[C@@H]1C[C@@H]1CN1CCN(C)CC1. The fourth-order valence-electron chi connectivity index (χ4n) is 2.41. The van der Waals surface area contributed by atoms with Crippen LogP contribution in [0.1, 0.15) is 6.42 Å². The maximum Gasteiger partial charge on any atom is 0.0110 e. The highest BCUT2D eigenvalue weighted by atomic mass is 15.2. The molecule has 1 saturated carbocycles. The smallest absolute Gasteiger partial charge is 0.0110 e. The van der Waals surface area contributed by atoms with Gasteiger partial charge in [0, 0.05) is 32.7 Å². The van der Waals surface area contributed by atoms with Gasteiger partial charge in [-0.3, -0.25) is 0 Å². The van der Waals surface area contributed by atoms with E-state index >= 15 is 0 Å². The lowest BCUT2D eigenvalue weighted by molar-refractivity contribution is 0.147. The third-order valence-electron chi connectivity index (χ3n) is 3.62. The quantitative estimate of drug-likeness (QED) is 0.689. The van der Waals surface area contributed by atoms with Gasteiger partial charge in [0.2, 0.25) is 0 Å². The van der Waals surface area contributed by atoms with Gasteiger partial charge in [0.15, 0.2) is 0 Å². The molecule has 0 bridgehead atoms. The van der Waals surface area contributed by atoms with Crippen molar-refractivity contribution in [3.05, 3.63) is 0 Å². The summed E-state index contributed by atoms with van der Waals surface area (Å²) in [5, 5.41) is 3.28. The molecule has 2 fully saturated rings. The molecule has 2 aliphatic rings. The lowest BCUT2D eigenvalue weighted by Crippen LogP contribution is -2.45. The second-order valence-corrected chi connectivity index (χ2v) is 4.92. The second-order valence-electron chi connectivity index (χ2n) is 4.92. The Bertz CT molecular complexity index is 175. The molecular weight excluding hydrogens is 174 g/mol. The van der Waals surface area contributed by atoms with Gasteiger partial charge in [0.1, 0.15) is 0 Å². The zero-order valence-corrected chi connectivity index (χ0v) is 9.50. The molecule has 82 valence electrons. The Balaban J connectivity index is 1.62. The fourth-order valence-corrected chi connectivity index (χ4v) is 2.41. The predicted molar refractivity (Wildman–Crippen MR) is 59.5 cm³/mol. The molecule has 1 N–H and O–H groups in total. The van der Waals surface area contributed by atoms with Gasteiger partial charge in [-0.05, 0) is 38.9 Å². The van der Waals surface area contributed by atoms with Gasteiger partial charge < -0.3 is 15.1 Å². The van der Waals surface area contributed by atoms with Crippen molar-refractivity contribution in [1.82, 2.24) is 15.1 Å². The summed E-state index contributed by atoms with van der Waals surface area (Å²) in [5.74, 6) is 1.96. The summed E-state index contributed by atoms with van der Waals surface area (Å²) in [6.07, 6.45) is 1.45. The van der Waals surface area contributed by atoms with Crippen molar-refractivity contribution in [2.24, 2.45) is 11.8 Å². The van der Waals surface area contributed by atoms with Gasteiger partial charge >= 0.3 is 0 Å². The van der Waals surface area contributed by atoms with Crippen molar-refractivity contribution in [1.29, 1.82) is 0 Å². The second kappa shape index (κ2) is 4.60. The van der Waals surface area contributed by atoms with Crippen molar-refractivity contribution in [3.8, 4) is 0 Å². The van der Waals surface area contributed by atoms with Gasteiger partial charge in [-0.1, -0.05) is 0 Å². The first-order valence-corrected chi connectivity index (χ1v) is 5.85. The lowest BCUT2D eigenvalue weighted by Gasteiger charge is -2.32. The number of hydrogen-bond acceptors (Lipinski definition) is 3. The van der Waals surface area contributed by atoms with Crippen LogP contribution in [0.15, 0.2) is 0 Å². The molecule has 1 heterocycles. The highest BCUT2D eigenvalue weighted by Gasteiger charge is 2.37. The first-order valence-electron chi connectivity index (χ1n) is 5.85. The summed E-state index contributed by atoms with van der Waals surface area (Å²) >= 11 is 0. The molecule has 2 rings (SSSR count). The van der Waals surface area contributed by atoms with Crippen LogP contribution in [0.25, 0.3) is 0 Å². The maximum absolute atomic E-state index is 3.28. The van der Waals surface area contributed by atoms with E-state index in [2.05, 4.69) is 29.2 Å². The van der Waals surface area contributed by atoms with E-state index in [1.165, 1.54) is 45.7 Å². The summed E-state index contributed by atoms with van der Waals surface area (Å²) in [6.45, 7) is 7.63. The van der Waals surface area contributed by atoms with E-state index in [1.807, 2.05) is 0 Å². The molecule has 0 amide bonds. The minimum Gasteiger partial charge on any atom is -0.319 e. The third kappa shape index (κ3) is 2.69. The summed E-state index contributed by atoms with van der Waals surface area (Å²) in [7, 11) is 4.28. The molecule has 0 radical (unpaired) electrons. The predicted octanol–water partition coefficient (Wildman–Crippen LogP) is 0.0893. The van der Waals surface area contributed by atoms with Crippen LogP contribution < -0.4 is 5.32 Å². The Morgan fingerprint density at radius 1 is 1.14 bits per heavy atom. The minimum atomic E-state index is 0.972. The van der Waals surface area contributed by atoms with Gasteiger partial charge in [0.05, 0.1) is 0 Å². The highest BCUT2D eigenvalue weighted by Crippen LogP contribution is 2.38. The van der Waals surface area contributed by atoms with Crippen molar-refractivity contribution >= 4 is 0 Å². The number of nitrogens with one attached hydrogen (secondary N) is 1. The zero-order chi connectivity index (χ0) is 9.97. The Hall–Kier alpha value is -0.120. The first-order chi connectivity index (χ1) is 6.79. The molecule has 3 heteroatoms. The molecule has 3 nitrogen and oxygen atoms in total. The number of nitrogens with zero attached hydrogens (tertiary/aromatic N) is 2. The standard InChI is InChI=1S/C11H23N3/c1-12-8-10-7-11(10)9-14-5-3-13(2)4-6-14/h10-12H,3-9H2,1-2H3/t10-,11+/m0/s1. The molecule has 0 unspecified atom stereocenters. The van der Waals surface area contributed by atoms with Gasteiger partial charge in [-0.25, -0.2) is 0 Å². The average molecular weight is 197 g/mol. The van der Waals surface area contributed by atoms with Gasteiger partial charge in [-0.2, -0.15) is 0 Å². The Morgan fingerprint density at radius 3 is 2.50 bits per heavy atom. The Kier molecular flexibility index (Phi) is 3.42. The van der Waals surface area contributed by atoms with Crippen LogP contribution >= 0.6 is 0 Å². The lowest BCUT2D eigenvalue weighted by atomic mass is 10.2. The number of rotatable bonds is 4. The molecular formula is C11H23N3. The number of likely N-dealkylation sites (N-methyl/N-ethyl adjacent to an activating group) is 1. The monoisotopic (exact) mass is 197 g/mol. The largest absolute Gasteiger partial charge is 0.319 e. The van der Waals surface area contributed by atoms with Crippen LogP contribution in [0.2, 0.25) is 0 Å². The number of piperazine rings is 1. The average Bonchev–Trinajstić information content (AvgIpc) is 2.89. The van der Waals surface area contributed by atoms with Gasteiger partial charge in [-0.15, -0.1) is 0 Å². The van der Waals surface area contributed by atoms with E-state index in [1.54, 1.807) is 0 Å². The van der Waals surface area contributed by atoms with E-state index in [0.717, 1.165) is 11.8 Å². The van der Waals surface area contributed by atoms with Crippen molar-refractivity contribution in [2.75, 3.05) is 53.4 Å². The molecule has 1 aliphatic heterocycles. The van der Waals surface area contributed by atoms with Crippen molar-refractivity contribution in [2.45, 2.75) is 6.42 Å². The third-order valence-corrected chi connectivity index (χ3v) is 3.62. The highest BCUT2D eigenvalue weighted by molar-refractivity contribution is 4.90.